The standard InChI is InChI=1S/C17H28N2O/c1-13-16(10-11-20-13)19(5)15-8-6-14(7-9-15)12-18-17(2,3)4/h6-9,13,16,18H,10-12H2,1-5H3. The van der Waals surface area contributed by atoms with E-state index in [0.717, 1.165) is 19.6 Å². The molecule has 0 spiro atoms. The first-order valence-electron chi connectivity index (χ1n) is 7.55. The lowest BCUT2D eigenvalue weighted by Gasteiger charge is -2.29. The number of nitrogens with one attached hydrogen (secondary N) is 1. The van der Waals surface area contributed by atoms with Crippen LogP contribution in [-0.2, 0) is 11.3 Å². The van der Waals surface area contributed by atoms with Crippen LogP contribution in [0, 0.1) is 0 Å². The molecule has 3 nitrogen and oxygen atoms in total. The van der Waals surface area contributed by atoms with Crippen LogP contribution >= 0.6 is 0 Å². The summed E-state index contributed by atoms with van der Waals surface area (Å²) in [6, 6.07) is 9.35. The normalized spacial score (nSPS) is 23.1. The van der Waals surface area contributed by atoms with Gasteiger partial charge in [-0.05, 0) is 51.8 Å². The minimum Gasteiger partial charge on any atom is -0.376 e. The molecule has 2 rings (SSSR count). The van der Waals surface area contributed by atoms with Crippen LogP contribution in [0.1, 0.15) is 39.7 Å². The van der Waals surface area contributed by atoms with E-state index in [1.165, 1.54) is 11.3 Å². The van der Waals surface area contributed by atoms with Gasteiger partial charge in [0.1, 0.15) is 0 Å². The lowest BCUT2D eigenvalue weighted by molar-refractivity contribution is 0.118. The monoisotopic (exact) mass is 276 g/mol. The Morgan fingerprint density at radius 2 is 1.90 bits per heavy atom. The quantitative estimate of drug-likeness (QED) is 0.914. The molecule has 0 bridgehead atoms. The van der Waals surface area contributed by atoms with Crippen LogP contribution in [0.3, 0.4) is 0 Å². The van der Waals surface area contributed by atoms with E-state index in [1.54, 1.807) is 0 Å². The Morgan fingerprint density at radius 1 is 1.25 bits per heavy atom. The van der Waals surface area contributed by atoms with Gasteiger partial charge in [0.05, 0.1) is 12.1 Å². The molecule has 0 aliphatic carbocycles. The van der Waals surface area contributed by atoms with Crippen molar-refractivity contribution in [2.24, 2.45) is 0 Å². The van der Waals surface area contributed by atoms with Crippen LogP contribution < -0.4 is 10.2 Å². The van der Waals surface area contributed by atoms with Gasteiger partial charge in [0.25, 0.3) is 0 Å². The van der Waals surface area contributed by atoms with Gasteiger partial charge in [-0.1, -0.05) is 12.1 Å². The van der Waals surface area contributed by atoms with Crippen LogP contribution in [0.2, 0.25) is 0 Å². The van der Waals surface area contributed by atoms with Crippen LogP contribution in [0.5, 0.6) is 0 Å². The van der Waals surface area contributed by atoms with E-state index in [2.05, 4.69) is 69.2 Å². The van der Waals surface area contributed by atoms with E-state index >= 15 is 0 Å². The van der Waals surface area contributed by atoms with Crippen molar-refractivity contribution in [3.8, 4) is 0 Å². The molecule has 0 aromatic heterocycles. The topological polar surface area (TPSA) is 24.5 Å². The first kappa shape index (κ1) is 15.3. The van der Waals surface area contributed by atoms with E-state index < -0.39 is 0 Å². The van der Waals surface area contributed by atoms with E-state index in [1.807, 2.05) is 0 Å². The number of ether oxygens (including phenoxy) is 1. The summed E-state index contributed by atoms with van der Waals surface area (Å²) in [5.74, 6) is 0. The van der Waals surface area contributed by atoms with Crippen molar-refractivity contribution >= 4 is 5.69 Å². The summed E-state index contributed by atoms with van der Waals surface area (Å²) in [4.78, 5) is 2.35. The highest BCUT2D eigenvalue weighted by molar-refractivity contribution is 5.48. The van der Waals surface area contributed by atoms with Crippen molar-refractivity contribution in [1.29, 1.82) is 0 Å². The highest BCUT2D eigenvalue weighted by atomic mass is 16.5. The Hall–Kier alpha value is -1.06. The van der Waals surface area contributed by atoms with E-state index in [9.17, 15) is 0 Å². The third-order valence-electron chi connectivity index (χ3n) is 4.00. The number of nitrogens with zero attached hydrogens (tertiary/aromatic N) is 1. The summed E-state index contributed by atoms with van der Waals surface area (Å²) in [6.07, 6.45) is 1.44. The van der Waals surface area contributed by atoms with Gasteiger partial charge in [-0.15, -0.1) is 0 Å². The maximum absolute atomic E-state index is 5.66. The summed E-state index contributed by atoms with van der Waals surface area (Å²) in [6.45, 7) is 10.5. The predicted molar refractivity (Wildman–Crippen MR) is 85.3 cm³/mol. The molecular weight excluding hydrogens is 248 g/mol. The molecule has 1 aromatic carbocycles. The first-order valence-corrected chi connectivity index (χ1v) is 7.55. The molecule has 112 valence electrons. The predicted octanol–water partition coefficient (Wildman–Crippen LogP) is 3.19. The van der Waals surface area contributed by atoms with E-state index in [4.69, 9.17) is 4.74 Å². The van der Waals surface area contributed by atoms with Crippen molar-refractivity contribution in [2.75, 3.05) is 18.6 Å². The van der Waals surface area contributed by atoms with Crippen LogP contribution in [0.4, 0.5) is 5.69 Å². The molecule has 1 N–H and O–H groups in total. The molecule has 1 heterocycles. The molecular formula is C17H28N2O. The summed E-state index contributed by atoms with van der Waals surface area (Å²) in [5.41, 5.74) is 2.76. The third kappa shape index (κ3) is 3.97. The van der Waals surface area contributed by atoms with Crippen molar-refractivity contribution in [3.05, 3.63) is 29.8 Å². The molecule has 0 saturated carbocycles. The number of rotatable bonds is 4. The Morgan fingerprint density at radius 3 is 2.40 bits per heavy atom. The maximum Gasteiger partial charge on any atom is 0.0750 e. The fourth-order valence-electron chi connectivity index (χ4n) is 2.64. The molecule has 0 radical (unpaired) electrons. The van der Waals surface area contributed by atoms with Gasteiger partial charge in [0.2, 0.25) is 0 Å². The van der Waals surface area contributed by atoms with Crippen molar-refractivity contribution in [2.45, 2.75) is 58.3 Å². The fourth-order valence-corrected chi connectivity index (χ4v) is 2.64. The van der Waals surface area contributed by atoms with Gasteiger partial charge < -0.3 is 15.0 Å². The van der Waals surface area contributed by atoms with Crippen LogP contribution in [-0.4, -0.2) is 31.3 Å². The lowest BCUT2D eigenvalue weighted by atomic mass is 10.1. The van der Waals surface area contributed by atoms with Crippen molar-refractivity contribution in [1.82, 2.24) is 5.32 Å². The molecule has 2 atom stereocenters. The van der Waals surface area contributed by atoms with Gasteiger partial charge in [0, 0.05) is 31.4 Å². The molecule has 1 saturated heterocycles. The average molecular weight is 276 g/mol. The molecule has 1 aromatic rings. The second-order valence-corrected chi connectivity index (χ2v) is 6.81. The summed E-state index contributed by atoms with van der Waals surface area (Å²) < 4.78 is 5.66. The fraction of sp³-hybridized carbons (Fsp3) is 0.647. The number of hydrogen-bond donors (Lipinski definition) is 1. The maximum atomic E-state index is 5.66. The zero-order valence-electron chi connectivity index (χ0n) is 13.4. The van der Waals surface area contributed by atoms with Gasteiger partial charge in [-0.25, -0.2) is 0 Å². The minimum absolute atomic E-state index is 0.159. The Bertz CT molecular complexity index is 422. The smallest absolute Gasteiger partial charge is 0.0750 e. The first-order chi connectivity index (χ1) is 9.37. The van der Waals surface area contributed by atoms with Crippen molar-refractivity contribution in [3.63, 3.8) is 0 Å². The molecule has 1 aliphatic rings. The molecule has 20 heavy (non-hydrogen) atoms. The van der Waals surface area contributed by atoms with Gasteiger partial charge in [0.15, 0.2) is 0 Å². The molecule has 1 aliphatic heterocycles. The molecule has 2 unspecified atom stereocenters. The van der Waals surface area contributed by atoms with E-state index in [-0.39, 0.29) is 5.54 Å². The second-order valence-electron chi connectivity index (χ2n) is 6.81. The average Bonchev–Trinajstić information content (AvgIpc) is 2.81. The Labute approximate surface area is 123 Å². The second kappa shape index (κ2) is 6.15. The van der Waals surface area contributed by atoms with Crippen molar-refractivity contribution < 1.29 is 4.74 Å². The summed E-state index contributed by atoms with van der Waals surface area (Å²) >= 11 is 0. The van der Waals surface area contributed by atoms with Gasteiger partial charge >= 0.3 is 0 Å². The van der Waals surface area contributed by atoms with Gasteiger partial charge in [-0.3, -0.25) is 0 Å². The molecule has 3 heteroatoms. The lowest BCUT2D eigenvalue weighted by Crippen LogP contribution is -2.36. The number of hydrogen-bond acceptors (Lipinski definition) is 3. The van der Waals surface area contributed by atoms with Gasteiger partial charge in [-0.2, -0.15) is 0 Å². The Balaban J connectivity index is 1.97. The molecule has 1 fully saturated rings. The largest absolute Gasteiger partial charge is 0.376 e. The van der Waals surface area contributed by atoms with Crippen LogP contribution in [0.15, 0.2) is 24.3 Å². The van der Waals surface area contributed by atoms with Crippen LogP contribution in [0.25, 0.3) is 0 Å². The highest BCUT2D eigenvalue weighted by Crippen LogP contribution is 2.24. The third-order valence-corrected chi connectivity index (χ3v) is 4.00. The number of benzene rings is 1. The number of anilines is 1. The Kier molecular flexibility index (Phi) is 4.71. The highest BCUT2D eigenvalue weighted by Gasteiger charge is 2.27. The number of likely N-dealkylation sites (N-methyl/N-ethyl adjacent to an activating group) is 1. The molecule has 0 amide bonds. The van der Waals surface area contributed by atoms with E-state index in [0.29, 0.717) is 12.1 Å². The zero-order chi connectivity index (χ0) is 14.8. The zero-order valence-corrected chi connectivity index (χ0v) is 13.4. The SMILES string of the molecule is CC1OCCC1N(C)c1ccc(CNC(C)(C)C)cc1. The summed E-state index contributed by atoms with van der Waals surface area (Å²) in [5, 5.41) is 3.52. The summed E-state index contributed by atoms with van der Waals surface area (Å²) in [7, 11) is 2.16. The minimum atomic E-state index is 0.159.